The van der Waals surface area contributed by atoms with E-state index in [0.29, 0.717) is 38.0 Å². The lowest BCUT2D eigenvalue weighted by atomic mass is 10.1. The van der Waals surface area contributed by atoms with Crippen LogP contribution in [0.25, 0.3) is 0 Å². The van der Waals surface area contributed by atoms with Gasteiger partial charge in [0, 0.05) is 51.1 Å². The molecule has 158 valence electrons. The van der Waals surface area contributed by atoms with Crippen molar-refractivity contribution in [1.29, 1.82) is 0 Å². The van der Waals surface area contributed by atoms with Crippen molar-refractivity contribution in [2.24, 2.45) is 0 Å². The smallest absolute Gasteiger partial charge is 0.378 e. The largest absolute Gasteiger partial charge is 0.501 e. The molecule has 0 aromatic heterocycles. The third-order valence-corrected chi connectivity index (χ3v) is 7.72. The summed E-state index contributed by atoms with van der Waals surface area (Å²) in [7, 11) is -2.53. The molecule has 0 radical (unpaired) electrons. The Balaban J connectivity index is 4.38. The number of rotatable bonds is 17. The number of hydrogen-bond acceptors (Lipinski definition) is 5. The summed E-state index contributed by atoms with van der Waals surface area (Å²) in [5.74, 6) is 0. The Morgan fingerprint density at radius 3 is 1.69 bits per heavy atom. The van der Waals surface area contributed by atoms with E-state index in [4.69, 9.17) is 18.0 Å². The van der Waals surface area contributed by atoms with E-state index in [2.05, 4.69) is 39.5 Å². The Kier molecular flexibility index (Phi) is 15.0. The van der Waals surface area contributed by atoms with Gasteiger partial charge in [-0.25, -0.2) is 0 Å². The van der Waals surface area contributed by atoms with Gasteiger partial charge in [-0.1, -0.05) is 6.92 Å². The summed E-state index contributed by atoms with van der Waals surface area (Å²) >= 11 is 0. The molecule has 0 amide bonds. The third-order valence-electron chi connectivity index (χ3n) is 4.56. The third kappa shape index (κ3) is 10.4. The molecule has 0 rings (SSSR count). The number of hydrogen-bond donors (Lipinski definition) is 0. The second-order valence-electron chi connectivity index (χ2n) is 7.20. The fraction of sp³-hybridized carbons (Fsp3) is 1.00. The van der Waals surface area contributed by atoms with E-state index < -0.39 is 8.80 Å². The van der Waals surface area contributed by atoms with Crippen molar-refractivity contribution in [3.05, 3.63) is 0 Å². The summed E-state index contributed by atoms with van der Waals surface area (Å²) in [6.45, 7) is 21.0. The minimum Gasteiger partial charge on any atom is -0.378 e. The summed E-state index contributed by atoms with van der Waals surface area (Å²) in [4.78, 5) is 2.53. The first-order chi connectivity index (χ1) is 12.4. The summed E-state index contributed by atoms with van der Waals surface area (Å²) in [6.07, 6.45) is 3.37. The molecule has 0 aliphatic carbocycles. The quantitative estimate of drug-likeness (QED) is 0.265. The Morgan fingerprint density at radius 1 is 0.808 bits per heavy atom. The average Bonchev–Trinajstić information content (AvgIpc) is 2.57. The molecular weight excluding hydrogens is 346 g/mol. The van der Waals surface area contributed by atoms with Crippen LogP contribution in [0, 0.1) is 0 Å². The predicted molar refractivity (Wildman–Crippen MR) is 112 cm³/mol. The van der Waals surface area contributed by atoms with Crippen molar-refractivity contribution in [2.45, 2.75) is 98.9 Å². The van der Waals surface area contributed by atoms with Crippen LogP contribution in [0.3, 0.4) is 0 Å². The molecule has 1 unspecified atom stereocenters. The molecule has 0 aromatic carbocycles. The van der Waals surface area contributed by atoms with Crippen molar-refractivity contribution in [2.75, 3.05) is 33.0 Å². The van der Waals surface area contributed by atoms with Crippen LogP contribution in [0.4, 0.5) is 0 Å². The van der Waals surface area contributed by atoms with Gasteiger partial charge in [-0.3, -0.25) is 4.90 Å². The molecule has 0 spiro atoms. The Labute approximate surface area is 164 Å². The van der Waals surface area contributed by atoms with Crippen LogP contribution in [-0.2, 0) is 18.0 Å². The maximum Gasteiger partial charge on any atom is 0.501 e. The molecule has 0 aliphatic rings. The van der Waals surface area contributed by atoms with Crippen molar-refractivity contribution < 1.29 is 18.0 Å². The van der Waals surface area contributed by atoms with Gasteiger partial charge in [0.2, 0.25) is 0 Å². The second kappa shape index (κ2) is 15.0. The highest BCUT2D eigenvalue weighted by molar-refractivity contribution is 6.60. The van der Waals surface area contributed by atoms with E-state index in [9.17, 15) is 0 Å². The van der Waals surface area contributed by atoms with Crippen molar-refractivity contribution >= 4 is 8.80 Å². The van der Waals surface area contributed by atoms with Gasteiger partial charge in [0.15, 0.2) is 0 Å². The molecule has 0 saturated heterocycles. The van der Waals surface area contributed by atoms with Crippen molar-refractivity contribution in [1.82, 2.24) is 4.90 Å². The van der Waals surface area contributed by atoms with E-state index in [1.165, 1.54) is 0 Å². The highest BCUT2D eigenvalue weighted by Gasteiger charge is 2.39. The van der Waals surface area contributed by atoms with E-state index >= 15 is 0 Å². The minimum absolute atomic E-state index is 0.317. The molecule has 1 atom stereocenters. The first kappa shape index (κ1) is 26.0. The Hall–Kier alpha value is 0.0169. The summed E-state index contributed by atoms with van der Waals surface area (Å²) < 4.78 is 23.9. The molecule has 0 heterocycles. The van der Waals surface area contributed by atoms with E-state index in [-0.39, 0.29) is 0 Å². The Morgan fingerprint density at radius 2 is 1.31 bits per heavy atom. The molecule has 0 bridgehead atoms. The minimum atomic E-state index is -2.53. The summed E-state index contributed by atoms with van der Waals surface area (Å²) in [5.41, 5.74) is 0. The summed E-state index contributed by atoms with van der Waals surface area (Å²) in [5, 5.41) is 0. The fourth-order valence-electron chi connectivity index (χ4n) is 3.35. The fourth-order valence-corrected chi connectivity index (χ4v) is 5.93. The van der Waals surface area contributed by atoms with Crippen LogP contribution in [0.5, 0.6) is 0 Å². The molecule has 26 heavy (non-hydrogen) atoms. The molecule has 0 saturated carbocycles. The first-order valence-electron chi connectivity index (χ1n) is 10.6. The van der Waals surface area contributed by atoms with Gasteiger partial charge in [0.05, 0.1) is 6.10 Å². The first-order valence-corrected chi connectivity index (χ1v) is 12.6. The maximum atomic E-state index is 6.16. The van der Waals surface area contributed by atoms with Crippen molar-refractivity contribution in [3.63, 3.8) is 0 Å². The molecule has 5 nitrogen and oxygen atoms in total. The van der Waals surface area contributed by atoms with Gasteiger partial charge < -0.3 is 18.0 Å². The van der Waals surface area contributed by atoms with Crippen LogP contribution in [0.15, 0.2) is 0 Å². The van der Waals surface area contributed by atoms with Gasteiger partial charge in [0.25, 0.3) is 0 Å². The molecule has 0 aliphatic heterocycles. The predicted octanol–water partition coefficient (Wildman–Crippen LogP) is 4.73. The second-order valence-corrected chi connectivity index (χ2v) is 9.93. The zero-order valence-corrected chi connectivity index (χ0v) is 19.7. The van der Waals surface area contributed by atoms with Gasteiger partial charge >= 0.3 is 8.80 Å². The van der Waals surface area contributed by atoms with Gasteiger partial charge in [-0.05, 0) is 67.7 Å². The van der Waals surface area contributed by atoms with Crippen molar-refractivity contribution in [3.8, 4) is 0 Å². The van der Waals surface area contributed by atoms with E-state index in [0.717, 1.165) is 38.5 Å². The van der Waals surface area contributed by atoms with Crippen LogP contribution in [0.2, 0.25) is 6.04 Å². The lowest BCUT2D eigenvalue weighted by Gasteiger charge is -2.32. The highest BCUT2D eigenvalue weighted by Crippen LogP contribution is 2.19. The van der Waals surface area contributed by atoms with E-state index in [1.54, 1.807) is 0 Å². The SMILES string of the molecule is CCO[Si](CCCOC(CC)CCN(C(C)C)C(C)C)(OCC)OCC. The average molecular weight is 392 g/mol. The number of ether oxygens (including phenoxy) is 1. The Bertz CT molecular complexity index is 304. The zero-order chi connectivity index (χ0) is 20.0. The maximum absolute atomic E-state index is 6.16. The van der Waals surface area contributed by atoms with Gasteiger partial charge in [-0.2, -0.15) is 0 Å². The monoisotopic (exact) mass is 391 g/mol. The van der Waals surface area contributed by atoms with Gasteiger partial charge in [-0.15, -0.1) is 0 Å². The zero-order valence-electron chi connectivity index (χ0n) is 18.7. The van der Waals surface area contributed by atoms with Crippen LogP contribution < -0.4 is 0 Å². The topological polar surface area (TPSA) is 40.2 Å². The van der Waals surface area contributed by atoms with Crippen LogP contribution in [-0.4, -0.2) is 64.9 Å². The molecule has 0 N–H and O–H groups in total. The van der Waals surface area contributed by atoms with Crippen LogP contribution in [0.1, 0.15) is 74.7 Å². The van der Waals surface area contributed by atoms with E-state index in [1.807, 2.05) is 20.8 Å². The molecular formula is C20H45NO4Si. The lowest BCUT2D eigenvalue weighted by molar-refractivity contribution is 0.0263. The molecule has 0 aromatic rings. The van der Waals surface area contributed by atoms with Crippen LogP contribution >= 0.6 is 0 Å². The highest BCUT2D eigenvalue weighted by atomic mass is 28.4. The number of nitrogens with zero attached hydrogens (tertiary/aromatic N) is 1. The summed E-state index contributed by atoms with van der Waals surface area (Å²) in [6, 6.07) is 1.97. The molecule has 6 heteroatoms. The standard InChI is InChI=1S/C20H45NO4Si/c1-9-20(14-15-21(18(5)6)19(7)8)22-16-13-17-26(23-10-2,24-11-3)25-12-4/h18-20H,9-17H2,1-8H3. The normalized spacial score (nSPS) is 14.0. The lowest BCUT2D eigenvalue weighted by Crippen LogP contribution is -2.46. The van der Waals surface area contributed by atoms with Gasteiger partial charge in [0.1, 0.15) is 0 Å². The molecule has 0 fully saturated rings.